The molecule has 0 aromatic carbocycles. The van der Waals surface area contributed by atoms with Crippen LogP contribution in [0, 0.1) is 0 Å². The first-order chi connectivity index (χ1) is 53.2. The van der Waals surface area contributed by atoms with E-state index < -0.39 is 91.5 Å². The van der Waals surface area contributed by atoms with E-state index >= 15 is 0 Å². The number of hydrogen-bond donors (Lipinski definition) is 4. The Balaban J connectivity index is 4.56. The number of aliphatic hydroxyl groups excluding tert-OH is 2. The van der Waals surface area contributed by atoms with Crippen LogP contribution in [0.1, 0.15) is 316 Å². The minimum atomic E-state index is -4.96. The summed E-state index contributed by atoms with van der Waals surface area (Å²) in [5, 5.41) is 20.7. The zero-order valence-electron chi connectivity index (χ0n) is 67.9. The minimum Gasteiger partial charge on any atom is -0.463 e. The predicted octanol–water partition coefficient (Wildman–Crippen LogP) is 25.3. The standard InChI is InChI=1S/C91H150O16P2/c1-4-7-10-13-16-19-22-25-28-31-34-36-37-38-39-40-41-42-43-44-45-46-47-49-52-53-56-59-62-65-68-71-74-77-89(94)101-80-86(92)81-103-108(97,98)104-82-87(93)83-105-109(99,100)106-85-88(107-91(96)79-76-73-70-67-64-61-58-55-50-33-30-27-24-21-18-15-12-9-6-3)84-102-90(95)78-75-72-69-66-63-60-57-54-51-48-35-32-29-26-23-20-17-14-11-8-5-2/h7-12,16-21,25-30,34-36,38-39,48,50,54-55,57,63,66,86-88,92-93H,4-6,13-15,22-24,31-33,37,40-47,49,51-53,56,58-62,64-65,67-85H2,1-3H3,(H,97,98)(H,99,100)/b10-7-,11-8-,12-9-,19-16-,20-17-,21-18-,28-25-,29-26-,30-27-,36-34-,39-38-,48-35-,55-50-,57-54-,66-63-. The third-order valence-corrected chi connectivity index (χ3v) is 19.0. The molecule has 5 unspecified atom stereocenters. The number of carbonyl (C=O) groups is 3. The second-order valence-corrected chi connectivity index (χ2v) is 30.4. The maximum Gasteiger partial charge on any atom is 0.472 e. The number of phosphoric ester groups is 2. The van der Waals surface area contributed by atoms with E-state index in [1.54, 1.807) is 0 Å². The minimum absolute atomic E-state index is 0.0721. The van der Waals surface area contributed by atoms with E-state index in [0.717, 1.165) is 167 Å². The molecule has 0 heterocycles. The van der Waals surface area contributed by atoms with Gasteiger partial charge in [0.1, 0.15) is 25.4 Å². The Morgan fingerprint density at radius 2 is 0.459 bits per heavy atom. The fourth-order valence-electron chi connectivity index (χ4n) is 10.8. The molecule has 0 bridgehead atoms. The smallest absolute Gasteiger partial charge is 0.463 e. The molecule has 16 nitrogen and oxygen atoms in total. The summed E-state index contributed by atoms with van der Waals surface area (Å²) in [5.41, 5.74) is 0. The maximum atomic E-state index is 13.0. The maximum absolute atomic E-state index is 13.0. The summed E-state index contributed by atoms with van der Waals surface area (Å²) in [5.74, 6) is -1.65. The van der Waals surface area contributed by atoms with E-state index in [2.05, 4.69) is 203 Å². The Bertz CT molecular complexity index is 2710. The van der Waals surface area contributed by atoms with E-state index in [0.29, 0.717) is 19.3 Å². The molecule has 109 heavy (non-hydrogen) atoms. The summed E-state index contributed by atoms with van der Waals surface area (Å²) in [6.07, 6.45) is 107. The number of carbonyl (C=O) groups excluding carboxylic acids is 3. The van der Waals surface area contributed by atoms with Crippen molar-refractivity contribution in [3.63, 3.8) is 0 Å². The normalized spacial score (nSPS) is 14.8. The number of allylic oxidation sites excluding steroid dienone is 30. The first-order valence-electron chi connectivity index (χ1n) is 42.1. The summed E-state index contributed by atoms with van der Waals surface area (Å²) in [6, 6.07) is 0. The van der Waals surface area contributed by atoms with Gasteiger partial charge >= 0.3 is 33.6 Å². The van der Waals surface area contributed by atoms with Crippen molar-refractivity contribution in [2.45, 2.75) is 334 Å². The van der Waals surface area contributed by atoms with Crippen LogP contribution >= 0.6 is 15.6 Å². The number of unbranched alkanes of at least 4 members (excludes halogenated alkanes) is 25. The highest BCUT2D eigenvalue weighted by Crippen LogP contribution is 2.45. The SMILES string of the molecule is CC/C=C\C/C=C\C/C=C\C/C=C\C/C=C\C/C=C\CCCCC(=O)OCC(COP(=O)(O)OCC(O)COP(=O)(O)OCC(O)COC(=O)CCCCCCCCCCCCCCCCCCC/C=C\C/C=C\C/C=C\C/C=C\C/C=C\CC)OC(=O)CCCCCCCC/C=C\C/C=C\C/C=C\C/C=C\CC. The van der Waals surface area contributed by atoms with Crippen LogP contribution in [0.2, 0.25) is 0 Å². The van der Waals surface area contributed by atoms with E-state index in [-0.39, 0.29) is 19.3 Å². The fraction of sp³-hybridized carbons (Fsp3) is 0.637. The van der Waals surface area contributed by atoms with Crippen LogP contribution in [0.5, 0.6) is 0 Å². The molecule has 0 saturated carbocycles. The van der Waals surface area contributed by atoms with Gasteiger partial charge < -0.3 is 34.2 Å². The van der Waals surface area contributed by atoms with Gasteiger partial charge in [0.25, 0.3) is 0 Å². The molecule has 620 valence electrons. The number of esters is 3. The fourth-order valence-corrected chi connectivity index (χ4v) is 12.4. The topological polar surface area (TPSA) is 231 Å². The average Bonchev–Trinajstić information content (AvgIpc) is 0.906. The van der Waals surface area contributed by atoms with Gasteiger partial charge in [0.2, 0.25) is 0 Å². The van der Waals surface area contributed by atoms with Crippen molar-refractivity contribution in [3.8, 4) is 0 Å². The van der Waals surface area contributed by atoms with Crippen molar-refractivity contribution in [2.75, 3.05) is 39.6 Å². The van der Waals surface area contributed by atoms with Crippen LogP contribution in [-0.2, 0) is 55.8 Å². The lowest BCUT2D eigenvalue weighted by molar-refractivity contribution is -0.161. The van der Waals surface area contributed by atoms with Gasteiger partial charge in [0.05, 0.1) is 26.4 Å². The van der Waals surface area contributed by atoms with E-state index in [9.17, 15) is 43.5 Å². The number of ether oxygens (including phenoxy) is 3. The predicted molar refractivity (Wildman–Crippen MR) is 454 cm³/mol. The first-order valence-corrected chi connectivity index (χ1v) is 45.1. The number of aliphatic hydroxyl groups is 2. The Kier molecular flexibility index (Phi) is 78.1. The van der Waals surface area contributed by atoms with Crippen LogP contribution in [-0.4, -0.2) is 95.9 Å². The Hall–Kier alpha value is -5.35. The van der Waals surface area contributed by atoms with Crippen molar-refractivity contribution >= 4 is 33.6 Å². The van der Waals surface area contributed by atoms with Crippen molar-refractivity contribution in [2.24, 2.45) is 0 Å². The number of rotatable bonds is 78. The molecule has 0 aliphatic carbocycles. The molecule has 0 amide bonds. The van der Waals surface area contributed by atoms with Crippen LogP contribution in [0.4, 0.5) is 0 Å². The molecule has 4 N–H and O–H groups in total. The quantitative estimate of drug-likeness (QED) is 0.0146. The van der Waals surface area contributed by atoms with Gasteiger partial charge in [-0.05, 0) is 154 Å². The Labute approximate surface area is 662 Å². The lowest BCUT2D eigenvalue weighted by Gasteiger charge is -2.21. The third kappa shape index (κ3) is 83.4. The number of hydrogen-bond acceptors (Lipinski definition) is 14. The second-order valence-electron chi connectivity index (χ2n) is 27.5. The molecule has 0 aromatic heterocycles. The highest BCUT2D eigenvalue weighted by atomic mass is 31.2. The van der Waals surface area contributed by atoms with Gasteiger partial charge in [0, 0.05) is 19.3 Å². The van der Waals surface area contributed by atoms with Gasteiger partial charge in [-0.15, -0.1) is 0 Å². The molecule has 18 heteroatoms. The Morgan fingerprint density at radius 1 is 0.257 bits per heavy atom. The van der Waals surface area contributed by atoms with Crippen molar-refractivity contribution < 1.29 is 75.8 Å². The summed E-state index contributed by atoms with van der Waals surface area (Å²) in [7, 11) is -9.82. The van der Waals surface area contributed by atoms with E-state index in [1.165, 1.54) is 89.9 Å². The summed E-state index contributed by atoms with van der Waals surface area (Å²) >= 11 is 0. The van der Waals surface area contributed by atoms with Crippen LogP contribution in [0.25, 0.3) is 0 Å². The van der Waals surface area contributed by atoms with E-state index in [4.69, 9.17) is 32.3 Å². The van der Waals surface area contributed by atoms with Crippen molar-refractivity contribution in [1.29, 1.82) is 0 Å². The lowest BCUT2D eigenvalue weighted by Crippen LogP contribution is -2.30. The Morgan fingerprint density at radius 3 is 0.743 bits per heavy atom. The zero-order chi connectivity index (χ0) is 79.4. The molecule has 0 radical (unpaired) electrons. The van der Waals surface area contributed by atoms with Crippen LogP contribution in [0.3, 0.4) is 0 Å². The molecule has 0 aromatic rings. The molecule has 0 aliphatic rings. The summed E-state index contributed by atoms with van der Waals surface area (Å²) in [6.45, 7) is 2.28. The van der Waals surface area contributed by atoms with E-state index in [1.807, 2.05) is 0 Å². The number of phosphoric acid groups is 2. The van der Waals surface area contributed by atoms with Gasteiger partial charge in [-0.1, -0.05) is 325 Å². The molecule has 0 rings (SSSR count). The van der Waals surface area contributed by atoms with Gasteiger partial charge in [-0.3, -0.25) is 32.5 Å². The zero-order valence-corrected chi connectivity index (χ0v) is 69.7. The third-order valence-electron chi connectivity index (χ3n) is 17.1. The molecule has 5 atom stereocenters. The second kappa shape index (κ2) is 82.1. The summed E-state index contributed by atoms with van der Waals surface area (Å²) in [4.78, 5) is 58.8. The first kappa shape index (κ1) is 104. The largest absolute Gasteiger partial charge is 0.472 e. The van der Waals surface area contributed by atoms with Crippen LogP contribution < -0.4 is 0 Å². The van der Waals surface area contributed by atoms with Crippen molar-refractivity contribution in [1.82, 2.24) is 0 Å². The molecule has 0 saturated heterocycles. The molecule has 0 spiro atoms. The highest BCUT2D eigenvalue weighted by Gasteiger charge is 2.29. The summed E-state index contributed by atoms with van der Waals surface area (Å²) < 4.78 is 61.2. The molecular formula is C91H150O16P2. The molecule has 0 fully saturated rings. The van der Waals surface area contributed by atoms with Gasteiger partial charge in [-0.2, -0.15) is 0 Å². The highest BCUT2D eigenvalue weighted by molar-refractivity contribution is 7.47. The van der Waals surface area contributed by atoms with Gasteiger partial charge in [-0.25, -0.2) is 9.13 Å². The van der Waals surface area contributed by atoms with Gasteiger partial charge in [0.15, 0.2) is 6.10 Å². The van der Waals surface area contributed by atoms with Crippen molar-refractivity contribution in [3.05, 3.63) is 182 Å². The average molecular weight is 1560 g/mol. The van der Waals surface area contributed by atoms with Crippen LogP contribution in [0.15, 0.2) is 182 Å². The lowest BCUT2D eigenvalue weighted by atomic mass is 10.0. The monoisotopic (exact) mass is 1560 g/mol. The molecular weight excluding hydrogens is 1410 g/mol. The molecule has 0 aliphatic heterocycles.